The third kappa shape index (κ3) is 3.72. The largest absolute Gasteiger partial charge is 0.497 e. The first-order chi connectivity index (χ1) is 9.19. The third-order valence-corrected chi connectivity index (χ3v) is 3.59. The molecule has 0 amide bonds. The van der Waals surface area contributed by atoms with Gasteiger partial charge in [0.1, 0.15) is 11.4 Å². The Kier molecular flexibility index (Phi) is 4.41. The molecule has 19 heavy (non-hydrogen) atoms. The number of methoxy groups -OCH3 is 1. The van der Waals surface area contributed by atoms with E-state index in [2.05, 4.69) is 4.98 Å². The van der Waals surface area contributed by atoms with Gasteiger partial charge in [0, 0.05) is 16.8 Å². The Morgan fingerprint density at radius 1 is 1.32 bits per heavy atom. The van der Waals surface area contributed by atoms with E-state index in [1.54, 1.807) is 24.9 Å². The fourth-order valence-electron chi connectivity index (χ4n) is 1.52. The molecule has 0 aliphatic carbocycles. The van der Waals surface area contributed by atoms with Crippen molar-refractivity contribution in [1.29, 1.82) is 0 Å². The molecule has 4 nitrogen and oxygen atoms in total. The Hall–Kier alpha value is -2.01. The summed E-state index contributed by atoms with van der Waals surface area (Å²) < 4.78 is 5.09. The van der Waals surface area contributed by atoms with Crippen LogP contribution in [0, 0.1) is 0 Å². The quantitative estimate of drug-likeness (QED) is 0.850. The smallest absolute Gasteiger partial charge is 0.354 e. The number of carboxylic acids is 1. The van der Waals surface area contributed by atoms with Crippen LogP contribution in [0.4, 0.5) is 0 Å². The number of carboxylic acid groups (broad SMARTS) is 1. The summed E-state index contributed by atoms with van der Waals surface area (Å²) in [6, 6.07) is 11.2. The van der Waals surface area contributed by atoms with Gasteiger partial charge in [0.15, 0.2) is 0 Å². The molecule has 0 fully saturated rings. The molecule has 2 rings (SSSR count). The first-order valence-corrected chi connectivity index (χ1v) is 6.62. The summed E-state index contributed by atoms with van der Waals surface area (Å²) in [6.45, 7) is 0. The molecule has 0 spiro atoms. The van der Waals surface area contributed by atoms with Crippen LogP contribution in [0.2, 0.25) is 0 Å². The van der Waals surface area contributed by atoms with Crippen molar-refractivity contribution < 1.29 is 14.6 Å². The van der Waals surface area contributed by atoms with Crippen molar-refractivity contribution in [2.75, 3.05) is 7.11 Å². The van der Waals surface area contributed by atoms with E-state index in [1.165, 1.54) is 6.20 Å². The molecule has 0 saturated heterocycles. The summed E-state index contributed by atoms with van der Waals surface area (Å²) in [4.78, 5) is 15.7. The molecule has 0 bridgehead atoms. The summed E-state index contributed by atoms with van der Waals surface area (Å²) in [7, 11) is 1.63. The second-order valence-corrected chi connectivity index (χ2v) is 4.87. The van der Waals surface area contributed by atoms with Crippen LogP contribution in [0.25, 0.3) is 0 Å². The molecule has 1 aromatic heterocycles. The Labute approximate surface area is 115 Å². The van der Waals surface area contributed by atoms with E-state index in [0.29, 0.717) is 5.75 Å². The zero-order valence-electron chi connectivity index (χ0n) is 10.4. The maximum absolute atomic E-state index is 10.8. The van der Waals surface area contributed by atoms with Gasteiger partial charge in [0.25, 0.3) is 0 Å². The molecule has 0 saturated carbocycles. The predicted octanol–water partition coefficient (Wildman–Crippen LogP) is 3.08. The second-order valence-electron chi connectivity index (χ2n) is 3.82. The molecule has 1 N–H and O–H groups in total. The van der Waals surface area contributed by atoms with Crippen molar-refractivity contribution in [2.24, 2.45) is 0 Å². The van der Waals surface area contributed by atoms with E-state index < -0.39 is 5.97 Å². The van der Waals surface area contributed by atoms with Crippen LogP contribution in [-0.4, -0.2) is 23.2 Å². The number of aromatic carboxylic acids is 1. The van der Waals surface area contributed by atoms with E-state index in [9.17, 15) is 4.79 Å². The van der Waals surface area contributed by atoms with Gasteiger partial charge in [0.05, 0.1) is 7.11 Å². The lowest BCUT2D eigenvalue weighted by Crippen LogP contribution is -2.00. The molecule has 0 atom stereocenters. The lowest BCUT2D eigenvalue weighted by Gasteiger charge is -2.04. The minimum absolute atomic E-state index is 0.0767. The number of carbonyl (C=O) groups is 1. The van der Waals surface area contributed by atoms with Gasteiger partial charge in [-0.1, -0.05) is 0 Å². The molecular formula is C14H13NO3S. The van der Waals surface area contributed by atoms with Crippen molar-refractivity contribution in [1.82, 2.24) is 4.98 Å². The number of hydrogen-bond acceptors (Lipinski definition) is 4. The Morgan fingerprint density at radius 2 is 2.05 bits per heavy atom. The lowest BCUT2D eigenvalue weighted by molar-refractivity contribution is 0.0690. The predicted molar refractivity (Wildman–Crippen MR) is 73.8 cm³/mol. The first-order valence-electron chi connectivity index (χ1n) is 5.64. The fourth-order valence-corrected chi connectivity index (χ4v) is 2.36. The Balaban J connectivity index is 2.01. The number of ether oxygens (including phenoxy) is 1. The topological polar surface area (TPSA) is 59.4 Å². The molecule has 0 radical (unpaired) electrons. The Bertz CT molecular complexity index is 569. The van der Waals surface area contributed by atoms with E-state index in [0.717, 1.165) is 16.2 Å². The van der Waals surface area contributed by atoms with Gasteiger partial charge in [-0.2, -0.15) is 0 Å². The standard InChI is InChI=1S/C14H13NO3S/c1-18-11-2-4-12(5-3-11)19-9-10-6-7-15-13(8-10)14(16)17/h2-8H,9H2,1H3,(H,16,17). The zero-order chi connectivity index (χ0) is 13.7. The van der Waals surface area contributed by atoms with Crippen molar-refractivity contribution in [2.45, 2.75) is 10.6 Å². The van der Waals surface area contributed by atoms with E-state index in [1.807, 2.05) is 30.3 Å². The number of aromatic nitrogens is 1. The van der Waals surface area contributed by atoms with E-state index in [-0.39, 0.29) is 5.69 Å². The summed E-state index contributed by atoms with van der Waals surface area (Å²) in [5.41, 5.74) is 1.01. The van der Waals surface area contributed by atoms with Crippen molar-refractivity contribution in [3.8, 4) is 5.75 Å². The van der Waals surface area contributed by atoms with Crippen LogP contribution in [-0.2, 0) is 5.75 Å². The van der Waals surface area contributed by atoms with Gasteiger partial charge < -0.3 is 9.84 Å². The highest BCUT2D eigenvalue weighted by Gasteiger charge is 2.05. The third-order valence-electron chi connectivity index (χ3n) is 2.51. The second kappa shape index (κ2) is 6.24. The summed E-state index contributed by atoms with van der Waals surface area (Å²) in [5, 5.41) is 8.87. The zero-order valence-corrected chi connectivity index (χ0v) is 11.2. The van der Waals surface area contributed by atoms with Crippen molar-refractivity contribution in [3.05, 3.63) is 53.9 Å². The molecule has 0 aliphatic rings. The molecule has 2 aromatic rings. The van der Waals surface area contributed by atoms with Crippen LogP contribution in [0.15, 0.2) is 47.5 Å². The van der Waals surface area contributed by atoms with Gasteiger partial charge >= 0.3 is 5.97 Å². The van der Waals surface area contributed by atoms with Crippen molar-refractivity contribution in [3.63, 3.8) is 0 Å². The van der Waals surface area contributed by atoms with Gasteiger partial charge in [-0.3, -0.25) is 0 Å². The van der Waals surface area contributed by atoms with Crippen LogP contribution in [0.1, 0.15) is 16.1 Å². The molecule has 1 aromatic carbocycles. The van der Waals surface area contributed by atoms with Gasteiger partial charge in [-0.25, -0.2) is 9.78 Å². The summed E-state index contributed by atoms with van der Waals surface area (Å²) in [5.74, 6) is 0.521. The number of thioether (sulfide) groups is 1. The maximum atomic E-state index is 10.8. The average Bonchev–Trinajstić information content (AvgIpc) is 2.46. The van der Waals surface area contributed by atoms with Crippen LogP contribution < -0.4 is 4.74 Å². The van der Waals surface area contributed by atoms with Gasteiger partial charge in [-0.05, 0) is 42.0 Å². The highest BCUT2D eigenvalue weighted by atomic mass is 32.2. The molecular weight excluding hydrogens is 262 g/mol. The SMILES string of the molecule is COc1ccc(SCc2ccnc(C(=O)O)c2)cc1. The molecule has 0 aliphatic heterocycles. The average molecular weight is 275 g/mol. The van der Waals surface area contributed by atoms with Gasteiger partial charge in [-0.15, -0.1) is 11.8 Å². The molecule has 0 unspecified atom stereocenters. The maximum Gasteiger partial charge on any atom is 0.354 e. The minimum atomic E-state index is -1.00. The van der Waals surface area contributed by atoms with Crippen molar-refractivity contribution >= 4 is 17.7 Å². The normalized spacial score (nSPS) is 10.2. The van der Waals surface area contributed by atoms with Crippen LogP contribution in [0.5, 0.6) is 5.75 Å². The van der Waals surface area contributed by atoms with Crippen LogP contribution in [0.3, 0.4) is 0 Å². The lowest BCUT2D eigenvalue weighted by atomic mass is 10.2. The number of hydrogen-bond donors (Lipinski definition) is 1. The minimum Gasteiger partial charge on any atom is -0.497 e. The summed E-state index contributed by atoms with van der Waals surface area (Å²) in [6.07, 6.45) is 1.52. The van der Waals surface area contributed by atoms with Gasteiger partial charge in [0.2, 0.25) is 0 Å². The van der Waals surface area contributed by atoms with Crippen LogP contribution >= 0.6 is 11.8 Å². The van der Waals surface area contributed by atoms with E-state index in [4.69, 9.17) is 9.84 Å². The first kappa shape index (κ1) is 13.4. The van der Waals surface area contributed by atoms with E-state index >= 15 is 0 Å². The number of rotatable bonds is 5. The fraction of sp³-hybridized carbons (Fsp3) is 0.143. The summed E-state index contributed by atoms with van der Waals surface area (Å²) >= 11 is 1.64. The number of benzene rings is 1. The monoisotopic (exact) mass is 275 g/mol. The molecule has 1 heterocycles. The Morgan fingerprint density at radius 3 is 2.68 bits per heavy atom. The highest BCUT2D eigenvalue weighted by molar-refractivity contribution is 7.98. The number of pyridine rings is 1. The number of nitrogens with zero attached hydrogens (tertiary/aromatic N) is 1. The molecule has 5 heteroatoms. The highest BCUT2D eigenvalue weighted by Crippen LogP contribution is 2.24. The molecule has 98 valence electrons.